The number of benzene rings is 1. The van der Waals surface area contributed by atoms with Crippen LogP contribution in [-0.2, 0) is 17.9 Å². The summed E-state index contributed by atoms with van der Waals surface area (Å²) in [5, 5.41) is 18.7. The normalized spacial score (nSPS) is 11.1. The summed E-state index contributed by atoms with van der Waals surface area (Å²) < 4.78 is 1.63. The van der Waals surface area contributed by atoms with E-state index in [1.54, 1.807) is 16.7 Å². The average Bonchev–Trinajstić information content (AvgIpc) is 2.64. The van der Waals surface area contributed by atoms with Gasteiger partial charge in [0, 0.05) is 6.54 Å². The maximum absolute atomic E-state index is 10.6. The van der Waals surface area contributed by atoms with Gasteiger partial charge in [0.2, 0.25) is 0 Å². The number of nitrogens with zero attached hydrogens (tertiary/aromatic N) is 2. The first-order chi connectivity index (χ1) is 8.52. The molecule has 2 rings (SSSR count). The van der Waals surface area contributed by atoms with Crippen molar-refractivity contribution in [2.24, 2.45) is 0 Å². The summed E-state index contributed by atoms with van der Waals surface area (Å²) >= 11 is 11.8. The van der Waals surface area contributed by atoms with Gasteiger partial charge in [-0.05, 0) is 12.1 Å². The van der Waals surface area contributed by atoms with Crippen LogP contribution in [0.3, 0.4) is 0 Å². The number of aliphatic hydroxyl groups is 1. The Labute approximate surface area is 113 Å². The number of aliphatic hydroxyl groups excluding tert-OH is 1. The van der Waals surface area contributed by atoms with Crippen LogP contribution in [0.1, 0.15) is 12.2 Å². The molecule has 0 amide bonds. The van der Waals surface area contributed by atoms with Crippen molar-refractivity contribution < 1.29 is 15.0 Å². The first-order valence-corrected chi connectivity index (χ1v) is 5.95. The number of hydrogen-bond acceptors (Lipinski definition) is 3. The topological polar surface area (TPSA) is 75.3 Å². The average molecular weight is 289 g/mol. The molecule has 2 N–H and O–H groups in total. The highest BCUT2D eigenvalue weighted by Gasteiger charge is 2.13. The molecule has 0 saturated carbocycles. The quantitative estimate of drug-likeness (QED) is 0.905. The first-order valence-electron chi connectivity index (χ1n) is 5.19. The summed E-state index contributed by atoms with van der Waals surface area (Å²) in [5.41, 5.74) is 1.24. The number of aromatic nitrogens is 2. The number of rotatable bonds is 4. The van der Waals surface area contributed by atoms with E-state index in [-0.39, 0.29) is 19.6 Å². The van der Waals surface area contributed by atoms with Crippen molar-refractivity contribution in [3.8, 4) is 0 Å². The number of carbonyl (C=O) groups is 1. The first kappa shape index (κ1) is 13.1. The molecule has 0 unspecified atom stereocenters. The highest BCUT2D eigenvalue weighted by molar-refractivity contribution is 6.42. The maximum Gasteiger partial charge on any atom is 0.305 e. The van der Waals surface area contributed by atoms with E-state index in [2.05, 4.69) is 4.98 Å². The molecule has 96 valence electrons. The van der Waals surface area contributed by atoms with Crippen LogP contribution < -0.4 is 0 Å². The standard InChI is InChI=1S/C11H10Cl2N2O3/c12-6-3-8-9(4-7(6)13)15(2-1-11(17)18)10(5-16)14-8/h3-4,16H,1-2,5H2,(H,17,18). The summed E-state index contributed by atoms with van der Waals surface area (Å²) in [6.45, 7) is -0.0524. The molecular weight excluding hydrogens is 279 g/mol. The molecule has 2 aromatic rings. The zero-order valence-electron chi connectivity index (χ0n) is 9.23. The number of imidazole rings is 1. The lowest BCUT2D eigenvalue weighted by Crippen LogP contribution is -2.08. The van der Waals surface area contributed by atoms with Gasteiger partial charge in [-0.25, -0.2) is 4.98 Å². The minimum absolute atomic E-state index is 0.0568. The maximum atomic E-state index is 10.6. The molecule has 0 aliphatic carbocycles. The third kappa shape index (κ3) is 2.43. The predicted octanol–water partition coefficient (Wildman–Crippen LogP) is 2.31. The fourth-order valence-electron chi connectivity index (χ4n) is 1.75. The highest BCUT2D eigenvalue weighted by Crippen LogP contribution is 2.28. The second kappa shape index (κ2) is 5.14. The second-order valence-corrected chi connectivity index (χ2v) is 4.55. The largest absolute Gasteiger partial charge is 0.481 e. The fourth-order valence-corrected chi connectivity index (χ4v) is 2.06. The number of halogens is 2. The van der Waals surface area contributed by atoms with Crippen LogP contribution in [-0.4, -0.2) is 25.7 Å². The zero-order chi connectivity index (χ0) is 13.3. The Bertz CT molecular complexity index is 610. The van der Waals surface area contributed by atoms with E-state index in [0.717, 1.165) is 0 Å². The lowest BCUT2D eigenvalue weighted by atomic mass is 10.3. The molecule has 1 aromatic carbocycles. The van der Waals surface area contributed by atoms with Gasteiger partial charge >= 0.3 is 5.97 Å². The highest BCUT2D eigenvalue weighted by atomic mass is 35.5. The smallest absolute Gasteiger partial charge is 0.305 e. The van der Waals surface area contributed by atoms with Gasteiger partial charge < -0.3 is 14.8 Å². The second-order valence-electron chi connectivity index (χ2n) is 3.74. The van der Waals surface area contributed by atoms with Crippen LogP contribution in [0, 0.1) is 0 Å². The Morgan fingerprint density at radius 3 is 2.61 bits per heavy atom. The fraction of sp³-hybridized carbons (Fsp3) is 0.273. The van der Waals surface area contributed by atoms with Crippen molar-refractivity contribution in [2.75, 3.05) is 0 Å². The Morgan fingerprint density at radius 2 is 2.00 bits per heavy atom. The van der Waals surface area contributed by atoms with Gasteiger partial charge in [-0.15, -0.1) is 0 Å². The van der Waals surface area contributed by atoms with E-state index in [1.807, 2.05) is 0 Å². The van der Waals surface area contributed by atoms with Gasteiger partial charge in [0.25, 0.3) is 0 Å². The molecule has 7 heteroatoms. The third-order valence-corrected chi connectivity index (χ3v) is 3.28. The van der Waals surface area contributed by atoms with E-state index in [0.29, 0.717) is 26.9 Å². The van der Waals surface area contributed by atoms with Gasteiger partial charge in [-0.2, -0.15) is 0 Å². The summed E-state index contributed by atoms with van der Waals surface area (Å²) in [6, 6.07) is 3.21. The summed E-state index contributed by atoms with van der Waals surface area (Å²) in [5.74, 6) is -0.523. The Kier molecular flexibility index (Phi) is 3.75. The van der Waals surface area contributed by atoms with Gasteiger partial charge in [0.15, 0.2) is 0 Å². The van der Waals surface area contributed by atoms with Crippen molar-refractivity contribution in [1.29, 1.82) is 0 Å². The Hall–Kier alpha value is -1.30. The SMILES string of the molecule is O=C(O)CCn1c(CO)nc2cc(Cl)c(Cl)cc21. The number of hydrogen-bond donors (Lipinski definition) is 2. The van der Waals surface area contributed by atoms with E-state index in [1.165, 1.54) is 0 Å². The molecule has 0 spiro atoms. The van der Waals surface area contributed by atoms with Gasteiger partial charge in [0.1, 0.15) is 12.4 Å². The lowest BCUT2D eigenvalue weighted by molar-refractivity contribution is -0.137. The number of fused-ring (bicyclic) bond motifs is 1. The number of aryl methyl sites for hydroxylation is 1. The lowest BCUT2D eigenvalue weighted by Gasteiger charge is -2.06. The molecule has 18 heavy (non-hydrogen) atoms. The summed E-state index contributed by atoms with van der Waals surface area (Å²) in [7, 11) is 0. The number of carboxylic acids is 1. The molecule has 0 fully saturated rings. The molecule has 0 radical (unpaired) electrons. The molecule has 0 bridgehead atoms. The molecule has 5 nitrogen and oxygen atoms in total. The monoisotopic (exact) mass is 288 g/mol. The van der Waals surface area contributed by atoms with Crippen LogP contribution in [0.5, 0.6) is 0 Å². The number of aliphatic carboxylic acids is 1. The Balaban J connectivity index is 2.53. The Morgan fingerprint density at radius 1 is 1.33 bits per heavy atom. The van der Waals surface area contributed by atoms with E-state index in [9.17, 15) is 9.90 Å². The molecule has 0 aliphatic heterocycles. The number of carboxylic acid groups (broad SMARTS) is 1. The third-order valence-electron chi connectivity index (χ3n) is 2.56. The van der Waals surface area contributed by atoms with Gasteiger partial charge in [0.05, 0.1) is 27.5 Å². The van der Waals surface area contributed by atoms with E-state index in [4.69, 9.17) is 28.3 Å². The minimum Gasteiger partial charge on any atom is -0.481 e. The van der Waals surface area contributed by atoms with Gasteiger partial charge in [-0.1, -0.05) is 23.2 Å². The van der Waals surface area contributed by atoms with Crippen LogP contribution in [0.25, 0.3) is 11.0 Å². The summed E-state index contributed by atoms with van der Waals surface area (Å²) in [4.78, 5) is 14.8. The molecule has 0 aliphatic rings. The van der Waals surface area contributed by atoms with Crippen LogP contribution in [0.4, 0.5) is 0 Å². The van der Waals surface area contributed by atoms with Crippen LogP contribution in [0.15, 0.2) is 12.1 Å². The van der Waals surface area contributed by atoms with Crippen molar-refractivity contribution in [3.63, 3.8) is 0 Å². The van der Waals surface area contributed by atoms with Crippen LogP contribution in [0.2, 0.25) is 10.0 Å². The van der Waals surface area contributed by atoms with Crippen molar-refractivity contribution in [2.45, 2.75) is 19.6 Å². The predicted molar refractivity (Wildman–Crippen MR) is 67.9 cm³/mol. The zero-order valence-corrected chi connectivity index (χ0v) is 10.7. The van der Waals surface area contributed by atoms with Crippen molar-refractivity contribution in [3.05, 3.63) is 28.0 Å². The van der Waals surface area contributed by atoms with Crippen molar-refractivity contribution in [1.82, 2.24) is 9.55 Å². The van der Waals surface area contributed by atoms with E-state index < -0.39 is 5.97 Å². The minimum atomic E-state index is -0.916. The molecule has 1 aromatic heterocycles. The summed E-state index contributed by atoms with van der Waals surface area (Å²) in [6.07, 6.45) is -0.0568. The molecule has 0 atom stereocenters. The van der Waals surface area contributed by atoms with Gasteiger partial charge in [-0.3, -0.25) is 4.79 Å². The van der Waals surface area contributed by atoms with Crippen molar-refractivity contribution >= 4 is 40.2 Å². The van der Waals surface area contributed by atoms with Crippen LogP contribution >= 0.6 is 23.2 Å². The molecule has 1 heterocycles. The molecule has 0 saturated heterocycles. The molecular formula is C11H10Cl2N2O3. The van der Waals surface area contributed by atoms with E-state index >= 15 is 0 Å².